The van der Waals surface area contributed by atoms with Gasteiger partial charge in [0.25, 0.3) is 0 Å². The molecule has 0 saturated carbocycles. The number of ether oxygens (including phenoxy) is 1. The standard InChI is InChI=1S/C29H37N7O7/c1-17(35(5)28(42)43-29(2,3)4)25(38)31-15-24(37)36-16-21(33-34-30)14-23(36)26(39)32-22(27(40)41)13-18-10-11-19-8-6-7-9-20(19)12-18/h6-12,17,21-23H,13-16H2,1-5H3,(H,31,38)(H,32,39)(H,40,41)/t17-,21-,22-,23-/m0/s1. The van der Waals surface area contributed by atoms with E-state index in [1.165, 1.54) is 14.0 Å². The minimum Gasteiger partial charge on any atom is -0.480 e. The highest BCUT2D eigenvalue weighted by Crippen LogP contribution is 2.22. The zero-order chi connectivity index (χ0) is 31.9. The molecule has 1 fully saturated rings. The molecule has 2 aromatic rings. The molecule has 4 atom stereocenters. The highest BCUT2D eigenvalue weighted by atomic mass is 16.6. The third-order valence-corrected chi connectivity index (χ3v) is 7.04. The lowest BCUT2D eigenvalue weighted by molar-refractivity contribution is -0.144. The van der Waals surface area contributed by atoms with Gasteiger partial charge in [0.15, 0.2) is 0 Å². The molecule has 0 spiro atoms. The number of hydrogen-bond donors (Lipinski definition) is 3. The number of aliphatic carboxylic acids is 1. The van der Waals surface area contributed by atoms with Crippen LogP contribution in [0.5, 0.6) is 0 Å². The summed E-state index contributed by atoms with van der Waals surface area (Å²) in [6, 6.07) is 9.02. The number of rotatable bonds is 10. The number of nitrogens with one attached hydrogen (secondary N) is 2. The zero-order valence-electron chi connectivity index (χ0n) is 24.8. The molecular formula is C29H37N7O7. The summed E-state index contributed by atoms with van der Waals surface area (Å²) >= 11 is 0. The smallest absolute Gasteiger partial charge is 0.410 e. The van der Waals surface area contributed by atoms with E-state index in [9.17, 15) is 29.1 Å². The summed E-state index contributed by atoms with van der Waals surface area (Å²) in [5, 5.41) is 20.4. The summed E-state index contributed by atoms with van der Waals surface area (Å²) in [4.78, 5) is 68.5. The fourth-order valence-corrected chi connectivity index (χ4v) is 4.64. The first-order valence-electron chi connectivity index (χ1n) is 13.8. The van der Waals surface area contributed by atoms with Gasteiger partial charge in [0.05, 0.1) is 12.6 Å². The second-order valence-electron chi connectivity index (χ2n) is 11.4. The summed E-state index contributed by atoms with van der Waals surface area (Å²) < 4.78 is 5.26. The van der Waals surface area contributed by atoms with Crippen molar-refractivity contribution in [2.75, 3.05) is 20.1 Å². The molecule has 1 saturated heterocycles. The molecule has 43 heavy (non-hydrogen) atoms. The molecule has 1 aliphatic heterocycles. The van der Waals surface area contributed by atoms with Gasteiger partial charge in [0, 0.05) is 24.9 Å². The topological polar surface area (TPSA) is 194 Å². The Kier molecular flexibility index (Phi) is 10.5. The van der Waals surface area contributed by atoms with Crippen molar-refractivity contribution in [3.63, 3.8) is 0 Å². The summed E-state index contributed by atoms with van der Waals surface area (Å²) in [5.41, 5.74) is 8.85. The Morgan fingerprint density at radius 1 is 1.16 bits per heavy atom. The third-order valence-electron chi connectivity index (χ3n) is 7.04. The number of amides is 4. The molecule has 3 rings (SSSR count). The first-order valence-corrected chi connectivity index (χ1v) is 13.8. The van der Waals surface area contributed by atoms with Gasteiger partial charge in [-0.3, -0.25) is 19.3 Å². The number of hydrogen-bond acceptors (Lipinski definition) is 7. The van der Waals surface area contributed by atoms with Crippen LogP contribution in [0, 0.1) is 0 Å². The van der Waals surface area contributed by atoms with Crippen LogP contribution in [0.15, 0.2) is 47.6 Å². The van der Waals surface area contributed by atoms with Crippen molar-refractivity contribution >= 4 is 40.6 Å². The minimum absolute atomic E-state index is 0.00542. The van der Waals surface area contributed by atoms with E-state index >= 15 is 0 Å². The summed E-state index contributed by atoms with van der Waals surface area (Å²) in [6.45, 7) is 5.95. The average molecular weight is 596 g/mol. The molecule has 0 bridgehead atoms. The largest absolute Gasteiger partial charge is 0.480 e. The minimum atomic E-state index is -1.28. The SMILES string of the molecule is C[C@@H](C(=O)NCC(=O)N1C[C@@H](N=[N+]=[N-])C[C@H]1C(=O)N[C@@H](Cc1ccc2ccccc2c1)C(=O)O)N(C)C(=O)OC(C)(C)C. The highest BCUT2D eigenvalue weighted by Gasteiger charge is 2.40. The number of likely N-dealkylation sites (tertiary alicyclic amines) is 1. The van der Waals surface area contributed by atoms with Gasteiger partial charge in [0.1, 0.15) is 23.7 Å². The van der Waals surface area contributed by atoms with Gasteiger partial charge in [0.2, 0.25) is 17.7 Å². The van der Waals surface area contributed by atoms with E-state index in [2.05, 4.69) is 20.7 Å². The van der Waals surface area contributed by atoms with Crippen molar-refractivity contribution in [1.82, 2.24) is 20.4 Å². The van der Waals surface area contributed by atoms with Gasteiger partial charge in [-0.1, -0.05) is 47.6 Å². The maximum Gasteiger partial charge on any atom is 0.410 e. The molecule has 4 amide bonds. The van der Waals surface area contributed by atoms with Gasteiger partial charge < -0.3 is 25.4 Å². The molecule has 230 valence electrons. The Morgan fingerprint density at radius 2 is 1.84 bits per heavy atom. The van der Waals surface area contributed by atoms with Crippen molar-refractivity contribution in [3.8, 4) is 0 Å². The molecule has 1 aliphatic rings. The molecule has 14 heteroatoms. The van der Waals surface area contributed by atoms with Crippen LogP contribution in [0.2, 0.25) is 0 Å². The number of carbonyl (C=O) groups is 5. The number of carboxylic acid groups (broad SMARTS) is 1. The lowest BCUT2D eigenvalue weighted by atomic mass is 10.0. The second-order valence-corrected chi connectivity index (χ2v) is 11.4. The van der Waals surface area contributed by atoms with Crippen LogP contribution >= 0.6 is 0 Å². The van der Waals surface area contributed by atoms with E-state index in [-0.39, 0.29) is 19.4 Å². The van der Waals surface area contributed by atoms with E-state index in [4.69, 9.17) is 10.3 Å². The third kappa shape index (κ3) is 8.82. The summed E-state index contributed by atoms with van der Waals surface area (Å²) in [5.74, 6) is -3.24. The predicted octanol–water partition coefficient (Wildman–Crippen LogP) is 2.60. The summed E-state index contributed by atoms with van der Waals surface area (Å²) in [7, 11) is 1.39. The molecule has 14 nitrogen and oxygen atoms in total. The Labute approximate surface area is 249 Å². The number of fused-ring (bicyclic) bond motifs is 1. The molecule has 3 N–H and O–H groups in total. The lowest BCUT2D eigenvalue weighted by Gasteiger charge is -2.28. The molecule has 1 heterocycles. The molecular weight excluding hydrogens is 558 g/mol. The van der Waals surface area contributed by atoms with Crippen molar-refractivity contribution in [2.24, 2.45) is 5.11 Å². The Morgan fingerprint density at radius 3 is 2.47 bits per heavy atom. The molecule has 2 aromatic carbocycles. The molecule has 0 unspecified atom stereocenters. The van der Waals surface area contributed by atoms with Gasteiger partial charge in [-0.2, -0.15) is 0 Å². The fraction of sp³-hybridized carbons (Fsp3) is 0.483. The molecule has 0 radical (unpaired) electrons. The van der Waals surface area contributed by atoms with Crippen LogP contribution in [-0.2, 0) is 30.3 Å². The normalized spacial score (nSPS) is 17.7. The van der Waals surface area contributed by atoms with E-state index in [1.807, 2.05) is 36.4 Å². The van der Waals surface area contributed by atoms with E-state index < -0.39 is 66.1 Å². The van der Waals surface area contributed by atoms with Crippen molar-refractivity contribution in [3.05, 3.63) is 58.5 Å². The first-order chi connectivity index (χ1) is 20.2. The zero-order valence-corrected chi connectivity index (χ0v) is 24.8. The van der Waals surface area contributed by atoms with Crippen molar-refractivity contribution in [1.29, 1.82) is 0 Å². The lowest BCUT2D eigenvalue weighted by Crippen LogP contribution is -2.54. The number of benzene rings is 2. The van der Waals surface area contributed by atoms with E-state index in [1.54, 1.807) is 26.8 Å². The van der Waals surface area contributed by atoms with Crippen molar-refractivity contribution < 1.29 is 33.8 Å². The first kappa shape index (κ1) is 32.7. The Balaban J connectivity index is 1.67. The Hall–Kier alpha value is -4.84. The monoisotopic (exact) mass is 595 g/mol. The number of azide groups is 1. The van der Waals surface area contributed by atoms with Crippen LogP contribution in [0.3, 0.4) is 0 Å². The number of nitrogens with zero attached hydrogens (tertiary/aromatic N) is 5. The maximum absolute atomic E-state index is 13.3. The quantitative estimate of drug-likeness (QED) is 0.213. The number of carbonyl (C=O) groups excluding carboxylic acids is 4. The Bertz CT molecular complexity index is 1430. The van der Waals surface area contributed by atoms with Gasteiger partial charge in [-0.05, 0) is 56.0 Å². The van der Waals surface area contributed by atoms with Crippen molar-refractivity contribution in [2.45, 2.75) is 70.3 Å². The van der Waals surface area contributed by atoms with Crippen LogP contribution in [-0.4, -0.2) is 94.6 Å². The number of carboxylic acids is 1. The van der Waals surface area contributed by atoms with Crippen LogP contribution < -0.4 is 10.6 Å². The second kappa shape index (κ2) is 13.9. The summed E-state index contributed by atoms with van der Waals surface area (Å²) in [6.07, 6.45) is -0.729. The molecule has 0 aliphatic carbocycles. The van der Waals surface area contributed by atoms with Crippen LogP contribution in [0.25, 0.3) is 21.2 Å². The maximum atomic E-state index is 13.3. The molecule has 0 aromatic heterocycles. The van der Waals surface area contributed by atoms with Crippen LogP contribution in [0.4, 0.5) is 4.79 Å². The highest BCUT2D eigenvalue weighted by molar-refractivity contribution is 5.93. The van der Waals surface area contributed by atoms with E-state index in [0.717, 1.165) is 20.6 Å². The van der Waals surface area contributed by atoms with Gasteiger partial charge in [-0.15, -0.1) is 0 Å². The predicted molar refractivity (Wildman–Crippen MR) is 157 cm³/mol. The van der Waals surface area contributed by atoms with Gasteiger partial charge >= 0.3 is 12.1 Å². The number of likely N-dealkylation sites (N-methyl/N-ethyl adjacent to an activating group) is 1. The van der Waals surface area contributed by atoms with Crippen LogP contribution in [0.1, 0.15) is 39.7 Å². The van der Waals surface area contributed by atoms with Gasteiger partial charge in [-0.25, -0.2) is 9.59 Å². The average Bonchev–Trinajstić information content (AvgIpc) is 3.38. The van der Waals surface area contributed by atoms with E-state index in [0.29, 0.717) is 5.56 Å². The fourth-order valence-electron chi connectivity index (χ4n) is 4.64.